The Hall–Kier alpha value is -0.850. The lowest BCUT2D eigenvalue weighted by Crippen LogP contribution is -2.35. The van der Waals surface area contributed by atoms with Gasteiger partial charge in [0.15, 0.2) is 12.1 Å². The van der Waals surface area contributed by atoms with Crippen LogP contribution in [0.5, 0.6) is 5.75 Å². The Morgan fingerprint density at radius 3 is 2.93 bits per heavy atom. The van der Waals surface area contributed by atoms with Crippen molar-refractivity contribution in [3.63, 3.8) is 0 Å². The molecule has 1 aliphatic rings. The maximum Gasteiger partial charge on any atom is 0.186 e. The third-order valence-corrected chi connectivity index (χ3v) is 4.46. The predicted molar refractivity (Wildman–Crippen MR) is 54.4 cm³/mol. The molecule has 6 heteroatoms. The smallest absolute Gasteiger partial charge is 0.186 e. The summed E-state index contributed by atoms with van der Waals surface area (Å²) >= 11 is 2.54. The Labute approximate surface area is 88.1 Å². The van der Waals surface area contributed by atoms with Gasteiger partial charge in [0.25, 0.3) is 0 Å². The highest BCUT2D eigenvalue weighted by Gasteiger charge is 2.31. The van der Waals surface area contributed by atoms with E-state index in [9.17, 15) is 14.7 Å². The van der Waals surface area contributed by atoms with Gasteiger partial charge in [-0.2, -0.15) is 0 Å². The van der Waals surface area contributed by atoms with Crippen LogP contribution >= 0.6 is 23.1 Å². The van der Waals surface area contributed by atoms with Crippen LogP contribution in [-0.2, 0) is 0 Å². The van der Waals surface area contributed by atoms with Gasteiger partial charge in [0.2, 0.25) is 0 Å². The van der Waals surface area contributed by atoms with Crippen molar-refractivity contribution in [2.45, 2.75) is 10.3 Å². The number of aromatic hydroxyl groups is 1. The Morgan fingerprint density at radius 1 is 1.57 bits per heavy atom. The molecule has 0 saturated carbocycles. The Bertz CT molecular complexity index is 413. The van der Waals surface area contributed by atoms with Gasteiger partial charge in [0.1, 0.15) is 10.6 Å². The fourth-order valence-corrected chi connectivity index (χ4v) is 3.52. The molecular formula is C8H7NO3S2. The molecule has 0 bridgehead atoms. The van der Waals surface area contributed by atoms with Gasteiger partial charge in [-0.25, -0.2) is 0 Å². The molecule has 0 fully saturated rings. The molecule has 1 aliphatic heterocycles. The standard InChI is InChI=1S/C8H7NO3S2/c9-3-2-13-8-5(6(3)11)7(12)4(1-10)14-8/h1,3,12H,2,9H2. The maximum atomic E-state index is 11.6. The highest BCUT2D eigenvalue weighted by molar-refractivity contribution is 8.01. The van der Waals surface area contributed by atoms with Gasteiger partial charge in [-0.1, -0.05) is 0 Å². The van der Waals surface area contributed by atoms with Crippen molar-refractivity contribution in [3.05, 3.63) is 10.4 Å². The van der Waals surface area contributed by atoms with E-state index in [0.717, 1.165) is 11.3 Å². The fraction of sp³-hybridized carbons (Fsp3) is 0.250. The number of ketones is 1. The summed E-state index contributed by atoms with van der Waals surface area (Å²) in [4.78, 5) is 22.3. The predicted octanol–water partition coefficient (Wildman–Crippen LogP) is 0.882. The van der Waals surface area contributed by atoms with Crippen molar-refractivity contribution in [1.82, 2.24) is 0 Å². The Morgan fingerprint density at radius 2 is 2.29 bits per heavy atom. The van der Waals surface area contributed by atoms with E-state index >= 15 is 0 Å². The molecule has 0 amide bonds. The van der Waals surface area contributed by atoms with Gasteiger partial charge >= 0.3 is 0 Å². The highest BCUT2D eigenvalue weighted by Crippen LogP contribution is 2.43. The summed E-state index contributed by atoms with van der Waals surface area (Å²) in [6.45, 7) is 0. The van der Waals surface area contributed by atoms with Gasteiger partial charge < -0.3 is 10.8 Å². The van der Waals surface area contributed by atoms with E-state index in [1.165, 1.54) is 11.8 Å². The van der Waals surface area contributed by atoms with Crippen molar-refractivity contribution in [2.24, 2.45) is 5.73 Å². The zero-order valence-corrected chi connectivity index (χ0v) is 8.65. The van der Waals surface area contributed by atoms with Gasteiger partial charge in [-0.15, -0.1) is 23.1 Å². The highest BCUT2D eigenvalue weighted by atomic mass is 32.2. The second-order valence-corrected chi connectivity index (χ2v) is 5.22. The molecule has 2 rings (SSSR count). The monoisotopic (exact) mass is 229 g/mol. The number of hydrogen-bond donors (Lipinski definition) is 2. The van der Waals surface area contributed by atoms with Crippen LogP contribution in [0.15, 0.2) is 4.21 Å². The summed E-state index contributed by atoms with van der Waals surface area (Å²) in [5.41, 5.74) is 5.77. The van der Waals surface area contributed by atoms with Crippen LogP contribution in [0.4, 0.5) is 0 Å². The van der Waals surface area contributed by atoms with E-state index in [-0.39, 0.29) is 22.0 Å². The van der Waals surface area contributed by atoms with Crippen LogP contribution in [0.1, 0.15) is 20.0 Å². The first-order valence-electron chi connectivity index (χ1n) is 3.88. The van der Waals surface area contributed by atoms with Crippen LogP contribution in [0, 0.1) is 0 Å². The van der Waals surface area contributed by atoms with Gasteiger partial charge in [0.05, 0.1) is 15.8 Å². The summed E-state index contributed by atoms with van der Waals surface area (Å²) in [5.74, 6) is 0.0117. The normalized spacial score (nSPS) is 20.6. The minimum atomic E-state index is -0.576. The largest absolute Gasteiger partial charge is 0.506 e. The van der Waals surface area contributed by atoms with Crippen LogP contribution in [0.3, 0.4) is 0 Å². The summed E-state index contributed by atoms with van der Waals surface area (Å²) in [7, 11) is 0. The van der Waals surface area contributed by atoms with Crippen molar-refractivity contribution in [2.75, 3.05) is 5.75 Å². The second-order valence-electron chi connectivity index (χ2n) is 2.88. The first-order chi connectivity index (χ1) is 6.65. The average Bonchev–Trinajstić information content (AvgIpc) is 2.50. The molecule has 1 aromatic rings. The fourth-order valence-electron chi connectivity index (χ4n) is 1.24. The van der Waals surface area contributed by atoms with E-state index in [0.29, 0.717) is 16.2 Å². The number of rotatable bonds is 1. The number of carbonyl (C=O) groups is 2. The number of hydrogen-bond acceptors (Lipinski definition) is 6. The molecule has 0 radical (unpaired) electrons. The van der Waals surface area contributed by atoms with Crippen LogP contribution < -0.4 is 5.73 Å². The summed E-state index contributed by atoms with van der Waals surface area (Å²) in [6.07, 6.45) is 0.553. The lowest BCUT2D eigenvalue weighted by molar-refractivity contribution is 0.0963. The topological polar surface area (TPSA) is 80.4 Å². The quantitative estimate of drug-likeness (QED) is 0.699. The molecule has 14 heavy (non-hydrogen) atoms. The zero-order chi connectivity index (χ0) is 10.3. The molecule has 1 atom stereocenters. The number of thioether (sulfide) groups is 1. The number of Topliss-reactive ketones (excluding diaryl/α,β-unsaturated/α-hetero) is 1. The van der Waals surface area contributed by atoms with E-state index in [2.05, 4.69) is 0 Å². The molecule has 4 nitrogen and oxygen atoms in total. The molecule has 74 valence electrons. The Kier molecular flexibility index (Phi) is 2.34. The molecule has 0 saturated heterocycles. The molecule has 1 aromatic heterocycles. The second kappa shape index (κ2) is 3.38. The minimum absolute atomic E-state index is 0.199. The van der Waals surface area contributed by atoms with Gasteiger partial charge in [0, 0.05) is 5.75 Å². The van der Waals surface area contributed by atoms with Gasteiger partial charge in [-0.3, -0.25) is 9.59 Å². The number of aldehydes is 1. The number of nitrogens with two attached hydrogens (primary N) is 1. The molecule has 2 heterocycles. The number of thiophene rings is 1. The lowest BCUT2D eigenvalue weighted by Gasteiger charge is -2.15. The summed E-state index contributed by atoms with van der Waals surface area (Å²) in [5, 5.41) is 9.55. The Balaban J connectivity index is 2.59. The molecule has 0 aromatic carbocycles. The van der Waals surface area contributed by atoms with E-state index < -0.39 is 6.04 Å². The number of fused-ring (bicyclic) bond motifs is 1. The van der Waals surface area contributed by atoms with E-state index in [1.807, 2.05) is 0 Å². The molecule has 0 aliphatic carbocycles. The van der Waals surface area contributed by atoms with E-state index in [1.54, 1.807) is 0 Å². The van der Waals surface area contributed by atoms with Crippen molar-refractivity contribution in [1.29, 1.82) is 0 Å². The van der Waals surface area contributed by atoms with Crippen LogP contribution in [-0.4, -0.2) is 29.0 Å². The molecular weight excluding hydrogens is 222 g/mol. The van der Waals surface area contributed by atoms with Crippen molar-refractivity contribution >= 4 is 35.2 Å². The van der Waals surface area contributed by atoms with E-state index in [4.69, 9.17) is 5.73 Å². The maximum absolute atomic E-state index is 11.6. The van der Waals surface area contributed by atoms with Crippen molar-refractivity contribution < 1.29 is 14.7 Å². The first-order valence-corrected chi connectivity index (χ1v) is 5.69. The molecule has 3 N–H and O–H groups in total. The zero-order valence-electron chi connectivity index (χ0n) is 7.02. The minimum Gasteiger partial charge on any atom is -0.506 e. The third kappa shape index (κ3) is 1.26. The molecule has 1 unspecified atom stereocenters. The van der Waals surface area contributed by atoms with Crippen LogP contribution in [0.25, 0.3) is 0 Å². The van der Waals surface area contributed by atoms with Crippen molar-refractivity contribution in [3.8, 4) is 5.75 Å². The van der Waals surface area contributed by atoms with Gasteiger partial charge in [-0.05, 0) is 0 Å². The summed E-state index contributed by atoms with van der Waals surface area (Å²) < 4.78 is 0.691. The number of carbonyl (C=O) groups excluding carboxylic acids is 2. The molecule has 0 spiro atoms. The van der Waals surface area contributed by atoms with Crippen LogP contribution in [0.2, 0.25) is 0 Å². The average molecular weight is 229 g/mol. The first kappa shape index (κ1) is 9.70. The lowest BCUT2D eigenvalue weighted by atomic mass is 10.1. The third-order valence-electron chi connectivity index (χ3n) is 1.96. The SMILES string of the molecule is NC1CSc2sc(C=O)c(O)c2C1=O. The summed E-state index contributed by atoms with van der Waals surface area (Å²) in [6, 6.07) is -0.576.